The fraction of sp³-hybridized carbons (Fsp3) is 0.222. The lowest BCUT2D eigenvalue weighted by molar-refractivity contribution is -0.140. The molecular formula is C18H17NO5. The molecule has 0 heterocycles. The summed E-state index contributed by atoms with van der Waals surface area (Å²) in [5.41, 5.74) is 4.37. The van der Waals surface area contributed by atoms with Gasteiger partial charge in [0.1, 0.15) is 6.61 Å². The Hall–Kier alpha value is -2.86. The molecule has 0 spiro atoms. The van der Waals surface area contributed by atoms with Gasteiger partial charge in [0.05, 0.1) is 6.61 Å². The number of carbonyl (C=O) groups excluding carboxylic acids is 1. The summed E-state index contributed by atoms with van der Waals surface area (Å²) in [6.45, 7) is -0.600. The largest absolute Gasteiger partial charge is 0.480 e. The van der Waals surface area contributed by atoms with Crippen molar-refractivity contribution in [1.82, 2.24) is 5.32 Å². The Morgan fingerprint density at radius 1 is 1.04 bits per heavy atom. The third kappa shape index (κ3) is 2.96. The van der Waals surface area contributed by atoms with Gasteiger partial charge in [0.25, 0.3) is 0 Å². The van der Waals surface area contributed by atoms with Gasteiger partial charge in [-0.15, -0.1) is 0 Å². The number of carbonyl (C=O) groups is 2. The Bertz CT molecular complexity index is 728. The van der Waals surface area contributed by atoms with Gasteiger partial charge in [-0.05, 0) is 22.3 Å². The number of nitrogens with one attached hydrogen (secondary N) is 1. The van der Waals surface area contributed by atoms with Crippen molar-refractivity contribution in [2.24, 2.45) is 0 Å². The number of hydrogen-bond donors (Lipinski definition) is 3. The highest BCUT2D eigenvalue weighted by Crippen LogP contribution is 2.44. The van der Waals surface area contributed by atoms with Crippen LogP contribution in [0.3, 0.4) is 0 Å². The van der Waals surface area contributed by atoms with Gasteiger partial charge in [0.2, 0.25) is 0 Å². The Balaban J connectivity index is 1.74. The van der Waals surface area contributed by atoms with Crippen LogP contribution in [0.2, 0.25) is 0 Å². The molecule has 1 aliphatic rings. The van der Waals surface area contributed by atoms with Gasteiger partial charge in [0, 0.05) is 5.92 Å². The molecule has 0 saturated carbocycles. The molecule has 0 fully saturated rings. The fourth-order valence-electron chi connectivity index (χ4n) is 2.97. The molecule has 2 aromatic carbocycles. The topological polar surface area (TPSA) is 95.9 Å². The van der Waals surface area contributed by atoms with Crippen molar-refractivity contribution >= 4 is 12.1 Å². The minimum Gasteiger partial charge on any atom is -0.480 e. The number of carboxylic acid groups (broad SMARTS) is 1. The SMILES string of the molecule is O=C([15NH][C@@H](CO)C(=O)O)OCC1c2ccccc2-c2ccccc21. The first kappa shape index (κ1) is 16.0. The predicted octanol–water partition coefficient (Wildman–Crippen LogP) is 1.97. The van der Waals surface area contributed by atoms with E-state index in [1.807, 2.05) is 48.5 Å². The molecule has 2 aromatic rings. The maximum atomic E-state index is 11.8. The van der Waals surface area contributed by atoms with E-state index in [2.05, 4.69) is 5.32 Å². The molecule has 1 aliphatic carbocycles. The highest BCUT2D eigenvalue weighted by atomic mass is 16.6. The summed E-state index contributed by atoms with van der Waals surface area (Å²) in [5.74, 6) is -1.41. The maximum absolute atomic E-state index is 11.8. The van der Waals surface area contributed by atoms with Gasteiger partial charge in [-0.3, -0.25) is 0 Å². The van der Waals surface area contributed by atoms with Gasteiger partial charge in [0.15, 0.2) is 6.04 Å². The Morgan fingerprint density at radius 3 is 2.08 bits per heavy atom. The van der Waals surface area contributed by atoms with Crippen LogP contribution in [0.1, 0.15) is 17.0 Å². The van der Waals surface area contributed by atoms with E-state index in [4.69, 9.17) is 14.9 Å². The number of fused-ring (bicyclic) bond motifs is 3. The van der Waals surface area contributed by atoms with Gasteiger partial charge in [-0.2, -0.15) is 0 Å². The first-order chi connectivity index (χ1) is 11.6. The molecule has 1 atom stereocenters. The van der Waals surface area contributed by atoms with Crippen LogP contribution in [0.15, 0.2) is 48.5 Å². The number of aliphatic carboxylic acids is 1. The molecule has 3 N–H and O–H groups in total. The molecule has 0 saturated heterocycles. The zero-order valence-electron chi connectivity index (χ0n) is 12.8. The van der Waals surface area contributed by atoms with Crippen LogP contribution >= 0.6 is 0 Å². The van der Waals surface area contributed by atoms with E-state index in [1.165, 1.54) is 0 Å². The first-order valence-corrected chi connectivity index (χ1v) is 7.57. The number of amides is 1. The van der Waals surface area contributed by atoms with E-state index >= 15 is 0 Å². The van der Waals surface area contributed by atoms with Crippen LogP contribution in [-0.4, -0.2) is 41.5 Å². The highest BCUT2D eigenvalue weighted by molar-refractivity contribution is 5.81. The van der Waals surface area contributed by atoms with Crippen LogP contribution in [-0.2, 0) is 9.53 Å². The molecule has 0 unspecified atom stereocenters. The van der Waals surface area contributed by atoms with Gasteiger partial charge in [-0.25, -0.2) is 9.59 Å². The van der Waals surface area contributed by atoms with Crippen molar-refractivity contribution in [2.75, 3.05) is 13.2 Å². The van der Waals surface area contributed by atoms with Crippen molar-refractivity contribution in [2.45, 2.75) is 12.0 Å². The normalized spacial score (nSPS) is 13.7. The molecule has 6 heteroatoms. The number of aliphatic hydroxyl groups is 1. The van der Waals surface area contributed by atoms with Crippen LogP contribution in [0.5, 0.6) is 0 Å². The summed E-state index contributed by atoms with van der Waals surface area (Å²) >= 11 is 0. The summed E-state index contributed by atoms with van der Waals surface area (Å²) in [6, 6.07) is 14.5. The lowest BCUT2D eigenvalue weighted by atomic mass is 9.98. The number of ether oxygens (including phenoxy) is 1. The summed E-state index contributed by atoms with van der Waals surface area (Å²) < 4.78 is 5.20. The number of benzene rings is 2. The van der Waals surface area contributed by atoms with Crippen molar-refractivity contribution in [3.8, 4) is 11.1 Å². The highest BCUT2D eigenvalue weighted by Gasteiger charge is 2.29. The molecule has 1 amide bonds. The third-order valence-corrected chi connectivity index (χ3v) is 4.12. The molecule has 124 valence electrons. The monoisotopic (exact) mass is 328 g/mol. The summed E-state index contributed by atoms with van der Waals surface area (Å²) in [4.78, 5) is 22.6. The Labute approximate surface area is 138 Å². The molecule has 0 aromatic heterocycles. The van der Waals surface area contributed by atoms with E-state index in [0.717, 1.165) is 22.3 Å². The average Bonchev–Trinajstić information content (AvgIpc) is 2.91. The quantitative estimate of drug-likeness (QED) is 0.729. The van der Waals surface area contributed by atoms with Crippen molar-refractivity contribution in [1.29, 1.82) is 0 Å². The van der Waals surface area contributed by atoms with Crippen molar-refractivity contribution < 1.29 is 24.5 Å². The second-order valence-electron chi connectivity index (χ2n) is 5.54. The number of carboxylic acids is 1. The second-order valence-corrected chi connectivity index (χ2v) is 5.54. The van der Waals surface area contributed by atoms with Crippen molar-refractivity contribution in [3.05, 3.63) is 59.7 Å². The van der Waals surface area contributed by atoms with E-state index < -0.39 is 24.7 Å². The first-order valence-electron chi connectivity index (χ1n) is 7.57. The van der Waals surface area contributed by atoms with Crippen LogP contribution in [0.25, 0.3) is 11.1 Å². The van der Waals surface area contributed by atoms with E-state index in [-0.39, 0.29) is 12.5 Å². The third-order valence-electron chi connectivity index (χ3n) is 4.12. The smallest absolute Gasteiger partial charge is 0.407 e. The average molecular weight is 328 g/mol. The molecule has 24 heavy (non-hydrogen) atoms. The zero-order chi connectivity index (χ0) is 17.1. The van der Waals surface area contributed by atoms with Crippen LogP contribution in [0, 0.1) is 0 Å². The van der Waals surface area contributed by atoms with E-state index in [9.17, 15) is 9.59 Å². The van der Waals surface area contributed by atoms with E-state index in [0.29, 0.717) is 0 Å². The summed E-state index contributed by atoms with van der Waals surface area (Å²) in [7, 11) is 0. The summed E-state index contributed by atoms with van der Waals surface area (Å²) in [6.07, 6.45) is -0.863. The number of rotatable bonds is 5. The van der Waals surface area contributed by atoms with Gasteiger partial charge < -0.3 is 20.3 Å². The van der Waals surface area contributed by atoms with E-state index in [1.54, 1.807) is 0 Å². The maximum Gasteiger partial charge on any atom is 0.407 e. The van der Waals surface area contributed by atoms with Crippen LogP contribution < -0.4 is 5.32 Å². The molecule has 0 radical (unpaired) electrons. The van der Waals surface area contributed by atoms with Gasteiger partial charge in [-0.1, -0.05) is 48.5 Å². The number of aliphatic hydroxyl groups excluding tert-OH is 1. The molecular weight excluding hydrogens is 311 g/mol. The second kappa shape index (κ2) is 6.72. The van der Waals surface area contributed by atoms with Crippen molar-refractivity contribution in [3.63, 3.8) is 0 Å². The molecule has 0 aliphatic heterocycles. The molecule has 6 nitrogen and oxygen atoms in total. The number of alkyl carbamates (subject to hydrolysis) is 1. The van der Waals surface area contributed by atoms with Crippen LogP contribution in [0.4, 0.5) is 4.79 Å². The minimum absolute atomic E-state index is 0.0949. The van der Waals surface area contributed by atoms with Gasteiger partial charge >= 0.3 is 12.1 Å². The standard InChI is InChI=1S/C18H17NO5/c20-9-16(17(21)22)19-18(23)24-10-15-13-7-3-1-5-11(13)12-6-2-4-8-14(12)15/h1-8,15-16,20H,9-10H2,(H,19,23)(H,21,22)/t16-/m0/s1/i19+1. The fourth-order valence-corrected chi connectivity index (χ4v) is 2.97. The molecule has 3 rings (SSSR count). The lowest BCUT2D eigenvalue weighted by Crippen LogP contribution is -2.43. The Morgan fingerprint density at radius 2 is 1.58 bits per heavy atom. The number of hydrogen-bond acceptors (Lipinski definition) is 4. The summed E-state index contributed by atoms with van der Waals surface area (Å²) in [5, 5.41) is 19.9. The predicted molar refractivity (Wildman–Crippen MR) is 86.7 cm³/mol. The Kier molecular flexibility index (Phi) is 4.48. The minimum atomic E-state index is -1.37. The molecule has 0 bridgehead atoms. The zero-order valence-corrected chi connectivity index (χ0v) is 12.8. The lowest BCUT2D eigenvalue weighted by Gasteiger charge is -2.16.